The molecule has 39 heavy (non-hydrogen) atoms. The molecule has 1 amide bonds. The van der Waals surface area contributed by atoms with Crippen LogP contribution < -0.4 is 14.4 Å². The predicted molar refractivity (Wildman–Crippen MR) is 147 cm³/mol. The van der Waals surface area contributed by atoms with E-state index in [0.29, 0.717) is 50.6 Å². The fourth-order valence-electron chi connectivity index (χ4n) is 4.86. The molecule has 204 valence electrons. The summed E-state index contributed by atoms with van der Waals surface area (Å²) in [5.41, 5.74) is 1.67. The van der Waals surface area contributed by atoms with Crippen LogP contribution in [0.3, 0.4) is 0 Å². The van der Waals surface area contributed by atoms with Gasteiger partial charge in [-0.3, -0.25) is 9.10 Å². The van der Waals surface area contributed by atoms with Crippen LogP contribution in [0.1, 0.15) is 42.8 Å². The fourth-order valence-corrected chi connectivity index (χ4v) is 5.92. The lowest BCUT2D eigenvalue weighted by Gasteiger charge is -2.30. The number of carbonyl (C=O) groups excluding carboxylic acids is 1. The first-order chi connectivity index (χ1) is 18.4. The van der Waals surface area contributed by atoms with Crippen LogP contribution in [0.15, 0.2) is 65.1 Å². The molecule has 1 aromatic heterocycles. The summed E-state index contributed by atoms with van der Waals surface area (Å²) in [7, 11) is -2.10. The van der Waals surface area contributed by atoms with E-state index in [1.807, 2.05) is 20.8 Å². The third kappa shape index (κ3) is 5.22. The lowest BCUT2D eigenvalue weighted by Crippen LogP contribution is -2.42. The van der Waals surface area contributed by atoms with E-state index in [2.05, 4.69) is 5.32 Å². The van der Waals surface area contributed by atoms with Crippen molar-refractivity contribution in [2.24, 2.45) is 0 Å². The summed E-state index contributed by atoms with van der Waals surface area (Å²) in [4.78, 5) is 13.1. The number of hydrogen-bond acceptors (Lipinski definition) is 6. The second-order valence-corrected chi connectivity index (χ2v) is 12.1. The van der Waals surface area contributed by atoms with Crippen molar-refractivity contribution in [3.05, 3.63) is 77.6 Å². The Morgan fingerprint density at radius 1 is 1.08 bits per heavy atom. The maximum Gasteiger partial charge on any atom is 0.255 e. The van der Waals surface area contributed by atoms with Crippen molar-refractivity contribution in [2.75, 3.05) is 24.2 Å². The van der Waals surface area contributed by atoms with Gasteiger partial charge in [-0.25, -0.2) is 12.8 Å². The Labute approximate surface area is 226 Å². The Kier molecular flexibility index (Phi) is 6.64. The van der Waals surface area contributed by atoms with Gasteiger partial charge in [0, 0.05) is 29.6 Å². The molecule has 0 saturated carbocycles. The van der Waals surface area contributed by atoms with Gasteiger partial charge in [0.1, 0.15) is 28.7 Å². The molecule has 0 saturated heterocycles. The first kappa shape index (κ1) is 26.7. The SMILES string of the molecule is CNC(=O)c1c(-c2ccc(Oc3ccc(F)cc3)cc2)oc2cc3c(cc12)[C@@H](C)OC(C)(C)CN3S(C)(=O)=O. The van der Waals surface area contributed by atoms with Crippen LogP contribution >= 0.6 is 0 Å². The summed E-state index contributed by atoms with van der Waals surface area (Å²) < 4.78 is 58.4. The molecule has 0 fully saturated rings. The van der Waals surface area contributed by atoms with E-state index in [-0.39, 0.29) is 18.3 Å². The summed E-state index contributed by atoms with van der Waals surface area (Å²) in [6.07, 6.45) is 0.719. The number of ether oxygens (including phenoxy) is 2. The molecule has 1 aliphatic rings. The Morgan fingerprint density at radius 3 is 2.28 bits per heavy atom. The number of benzene rings is 3. The number of carbonyl (C=O) groups is 1. The monoisotopic (exact) mass is 552 g/mol. The molecular formula is C29H29FN2O6S. The molecule has 0 aliphatic carbocycles. The number of rotatable bonds is 5. The Bertz CT molecular complexity index is 1660. The Morgan fingerprint density at radius 2 is 1.69 bits per heavy atom. The molecule has 5 rings (SSSR count). The van der Waals surface area contributed by atoms with Gasteiger partial charge in [-0.15, -0.1) is 0 Å². The van der Waals surface area contributed by atoms with E-state index in [1.165, 1.54) is 35.6 Å². The maximum absolute atomic E-state index is 13.2. The third-order valence-corrected chi connectivity index (χ3v) is 7.71. The summed E-state index contributed by atoms with van der Waals surface area (Å²) in [6.45, 7) is 5.67. The van der Waals surface area contributed by atoms with Crippen LogP contribution in [-0.4, -0.2) is 39.8 Å². The summed E-state index contributed by atoms with van der Waals surface area (Å²) in [5.74, 6) is 0.629. The normalized spacial score (nSPS) is 17.0. The van der Waals surface area contributed by atoms with Crippen molar-refractivity contribution in [3.63, 3.8) is 0 Å². The minimum absolute atomic E-state index is 0.125. The van der Waals surface area contributed by atoms with E-state index in [0.717, 1.165) is 6.26 Å². The standard InChI is InChI=1S/C29H29FN2O6S/c1-17-22-14-23-25(15-24(22)32(39(5,34)35)16-29(2,3)38-17)37-27(26(23)28(33)31-4)18-6-10-20(11-7-18)36-21-12-8-19(30)9-13-21/h6-15,17H,16H2,1-5H3,(H,31,33)/t17-/m1/s1. The van der Waals surface area contributed by atoms with Crippen molar-refractivity contribution in [1.82, 2.24) is 5.32 Å². The zero-order valence-electron chi connectivity index (χ0n) is 22.2. The lowest BCUT2D eigenvalue weighted by atomic mass is 10.0. The second-order valence-electron chi connectivity index (χ2n) is 10.2. The number of nitrogens with one attached hydrogen (secondary N) is 1. The van der Waals surface area contributed by atoms with Gasteiger partial charge in [-0.05, 0) is 75.4 Å². The van der Waals surface area contributed by atoms with Gasteiger partial charge in [-0.1, -0.05) is 0 Å². The molecule has 8 nitrogen and oxygen atoms in total. The van der Waals surface area contributed by atoms with Crippen LogP contribution in [0.25, 0.3) is 22.3 Å². The molecule has 3 aromatic carbocycles. The zero-order valence-corrected chi connectivity index (χ0v) is 23.1. The largest absolute Gasteiger partial charge is 0.457 e. The number of furan rings is 1. The average molecular weight is 553 g/mol. The second kappa shape index (κ2) is 9.69. The lowest BCUT2D eigenvalue weighted by molar-refractivity contribution is -0.0542. The topological polar surface area (TPSA) is 98.1 Å². The average Bonchev–Trinajstić information content (AvgIpc) is 3.20. The van der Waals surface area contributed by atoms with E-state index in [1.54, 1.807) is 36.4 Å². The molecule has 1 atom stereocenters. The molecule has 2 heterocycles. The van der Waals surface area contributed by atoms with Gasteiger partial charge in [0.05, 0.1) is 35.8 Å². The first-order valence-electron chi connectivity index (χ1n) is 12.4. The van der Waals surface area contributed by atoms with Gasteiger partial charge in [-0.2, -0.15) is 0 Å². The Balaban J connectivity index is 1.63. The van der Waals surface area contributed by atoms with Crippen molar-refractivity contribution < 1.29 is 31.5 Å². The van der Waals surface area contributed by atoms with E-state index >= 15 is 0 Å². The van der Waals surface area contributed by atoms with Crippen molar-refractivity contribution >= 4 is 32.6 Å². The van der Waals surface area contributed by atoms with Crippen molar-refractivity contribution in [3.8, 4) is 22.8 Å². The summed E-state index contributed by atoms with van der Waals surface area (Å²) >= 11 is 0. The van der Waals surface area contributed by atoms with Crippen molar-refractivity contribution in [1.29, 1.82) is 0 Å². The van der Waals surface area contributed by atoms with E-state index in [9.17, 15) is 17.6 Å². The number of anilines is 1. The highest BCUT2D eigenvalue weighted by Crippen LogP contribution is 2.43. The van der Waals surface area contributed by atoms with Gasteiger partial charge < -0.3 is 19.2 Å². The van der Waals surface area contributed by atoms with Crippen LogP contribution in [-0.2, 0) is 14.8 Å². The Hall–Kier alpha value is -3.89. The molecule has 0 bridgehead atoms. The number of nitrogens with zero attached hydrogens (tertiary/aromatic N) is 1. The van der Waals surface area contributed by atoms with Crippen LogP contribution in [0.2, 0.25) is 0 Å². The molecule has 0 unspecified atom stereocenters. The summed E-state index contributed by atoms with van der Waals surface area (Å²) in [6, 6.07) is 16.1. The number of sulfonamides is 1. The number of hydrogen-bond donors (Lipinski definition) is 1. The molecular weight excluding hydrogens is 523 g/mol. The molecule has 0 radical (unpaired) electrons. The van der Waals surface area contributed by atoms with Crippen molar-refractivity contribution in [2.45, 2.75) is 32.5 Å². The molecule has 10 heteroatoms. The van der Waals surface area contributed by atoms with Crippen LogP contribution in [0.4, 0.5) is 10.1 Å². The first-order valence-corrected chi connectivity index (χ1v) is 14.2. The summed E-state index contributed by atoms with van der Waals surface area (Å²) in [5, 5.41) is 3.22. The van der Waals surface area contributed by atoms with Gasteiger partial charge in [0.25, 0.3) is 5.91 Å². The molecule has 4 aromatic rings. The highest BCUT2D eigenvalue weighted by Gasteiger charge is 2.37. The highest BCUT2D eigenvalue weighted by molar-refractivity contribution is 7.92. The number of fused-ring (bicyclic) bond motifs is 2. The highest BCUT2D eigenvalue weighted by atomic mass is 32.2. The zero-order chi connectivity index (χ0) is 28.1. The van der Waals surface area contributed by atoms with Gasteiger partial charge in [0.15, 0.2) is 0 Å². The smallest absolute Gasteiger partial charge is 0.255 e. The van der Waals surface area contributed by atoms with E-state index < -0.39 is 21.7 Å². The van der Waals surface area contributed by atoms with Crippen LogP contribution in [0, 0.1) is 5.82 Å². The van der Waals surface area contributed by atoms with E-state index in [4.69, 9.17) is 13.9 Å². The quantitative estimate of drug-likeness (QED) is 0.325. The van der Waals surface area contributed by atoms with Gasteiger partial charge >= 0.3 is 0 Å². The number of halogens is 1. The van der Waals surface area contributed by atoms with Gasteiger partial charge in [0.2, 0.25) is 10.0 Å². The fraction of sp³-hybridized carbons (Fsp3) is 0.276. The molecule has 1 N–H and O–H groups in total. The third-order valence-electron chi connectivity index (χ3n) is 6.58. The number of amides is 1. The molecule has 0 spiro atoms. The minimum atomic E-state index is -3.64. The minimum Gasteiger partial charge on any atom is -0.457 e. The molecule has 1 aliphatic heterocycles. The maximum atomic E-state index is 13.2. The predicted octanol–water partition coefficient (Wildman–Crippen LogP) is 6.03. The van der Waals surface area contributed by atoms with Crippen LogP contribution in [0.5, 0.6) is 11.5 Å².